The van der Waals surface area contributed by atoms with Crippen LogP contribution in [0.5, 0.6) is 0 Å². The summed E-state index contributed by atoms with van der Waals surface area (Å²) in [5.41, 5.74) is 12.9. The lowest BCUT2D eigenvalue weighted by molar-refractivity contribution is -0.131. The van der Waals surface area contributed by atoms with E-state index in [9.17, 15) is 9.59 Å². The third-order valence-corrected chi connectivity index (χ3v) is 4.61. The summed E-state index contributed by atoms with van der Waals surface area (Å²) in [4.78, 5) is 32.2. The van der Waals surface area contributed by atoms with Crippen LogP contribution >= 0.6 is 24.8 Å². The summed E-state index contributed by atoms with van der Waals surface area (Å²) in [5, 5.41) is 0. The molecule has 1 unspecified atom stereocenters. The van der Waals surface area contributed by atoms with Crippen LogP contribution in [0.2, 0.25) is 0 Å². The third-order valence-electron chi connectivity index (χ3n) is 4.61. The van der Waals surface area contributed by atoms with E-state index in [1.807, 2.05) is 40.1 Å². The number of amides is 2. The van der Waals surface area contributed by atoms with E-state index in [4.69, 9.17) is 11.5 Å². The van der Waals surface area contributed by atoms with E-state index in [2.05, 4.69) is 4.98 Å². The van der Waals surface area contributed by atoms with Crippen LogP contribution in [0.4, 0.5) is 5.82 Å². The maximum Gasteiger partial charge on any atom is 0.252 e. The molecule has 2 heterocycles. The standard InChI is InChI=1S/C19H23N5O2.2ClH/c20-16(14-5-2-1-3-6-14)13-17(25)23-9-11-24(12-10-23)19-15(18(21)26)7-4-8-22-19;;/h1-8,16H,9-13,20H2,(H2,21,26);2*1H. The summed E-state index contributed by atoms with van der Waals surface area (Å²) < 4.78 is 0. The molecule has 0 saturated carbocycles. The number of benzene rings is 1. The second-order valence-electron chi connectivity index (χ2n) is 6.33. The van der Waals surface area contributed by atoms with Gasteiger partial charge in [0.15, 0.2) is 0 Å². The number of carbonyl (C=O) groups excluding carboxylic acids is 2. The zero-order chi connectivity index (χ0) is 18.5. The number of nitrogens with zero attached hydrogens (tertiary/aromatic N) is 3. The van der Waals surface area contributed by atoms with Crippen LogP contribution in [0.3, 0.4) is 0 Å². The quantitative estimate of drug-likeness (QED) is 0.758. The number of nitrogens with two attached hydrogens (primary N) is 2. The Bertz CT molecular complexity index is 783. The third kappa shape index (κ3) is 5.58. The van der Waals surface area contributed by atoms with Crippen molar-refractivity contribution in [2.45, 2.75) is 12.5 Å². The lowest BCUT2D eigenvalue weighted by atomic mass is 10.0. The van der Waals surface area contributed by atoms with Crippen molar-refractivity contribution in [3.05, 3.63) is 59.8 Å². The predicted octanol–water partition coefficient (Wildman–Crippen LogP) is 1.76. The normalized spacial score (nSPS) is 14.5. The Morgan fingerprint density at radius 3 is 2.25 bits per heavy atom. The van der Waals surface area contributed by atoms with E-state index in [0.29, 0.717) is 37.6 Å². The molecule has 2 amide bonds. The fraction of sp³-hybridized carbons (Fsp3) is 0.316. The summed E-state index contributed by atoms with van der Waals surface area (Å²) in [5.74, 6) is 0.116. The average Bonchev–Trinajstić information content (AvgIpc) is 2.68. The van der Waals surface area contributed by atoms with E-state index in [1.54, 1.807) is 18.3 Å². The molecule has 4 N–H and O–H groups in total. The van der Waals surface area contributed by atoms with Gasteiger partial charge in [0.2, 0.25) is 5.91 Å². The van der Waals surface area contributed by atoms with Gasteiger partial charge in [0.05, 0.1) is 5.56 Å². The molecule has 0 aliphatic carbocycles. The number of aromatic nitrogens is 1. The summed E-state index contributed by atoms with van der Waals surface area (Å²) in [7, 11) is 0. The summed E-state index contributed by atoms with van der Waals surface area (Å²) >= 11 is 0. The number of primary amides is 1. The molecule has 1 aromatic heterocycles. The van der Waals surface area contributed by atoms with Gasteiger partial charge in [0.25, 0.3) is 5.91 Å². The number of hydrogen-bond acceptors (Lipinski definition) is 5. The number of piperazine rings is 1. The van der Waals surface area contributed by atoms with Crippen molar-refractivity contribution in [3.63, 3.8) is 0 Å². The van der Waals surface area contributed by atoms with Crippen molar-refractivity contribution in [1.29, 1.82) is 0 Å². The van der Waals surface area contributed by atoms with Gasteiger partial charge in [-0.3, -0.25) is 9.59 Å². The second kappa shape index (κ2) is 10.8. The van der Waals surface area contributed by atoms with Crippen molar-refractivity contribution in [3.8, 4) is 0 Å². The van der Waals surface area contributed by atoms with Crippen molar-refractivity contribution in [2.75, 3.05) is 31.1 Å². The first-order valence-electron chi connectivity index (χ1n) is 8.64. The Kier molecular flexibility index (Phi) is 9.18. The molecule has 0 spiro atoms. The maximum atomic E-state index is 12.5. The minimum Gasteiger partial charge on any atom is -0.365 e. The first-order valence-corrected chi connectivity index (χ1v) is 8.64. The van der Waals surface area contributed by atoms with E-state index >= 15 is 0 Å². The number of pyridine rings is 1. The van der Waals surface area contributed by atoms with Gasteiger partial charge in [-0.1, -0.05) is 30.3 Å². The zero-order valence-corrected chi connectivity index (χ0v) is 17.0. The van der Waals surface area contributed by atoms with Gasteiger partial charge in [-0.25, -0.2) is 4.98 Å². The van der Waals surface area contributed by atoms with Gasteiger partial charge in [0.1, 0.15) is 5.82 Å². The molecule has 28 heavy (non-hydrogen) atoms. The Labute approximate surface area is 176 Å². The molecule has 1 saturated heterocycles. The number of carbonyl (C=O) groups is 2. The monoisotopic (exact) mass is 425 g/mol. The fourth-order valence-electron chi connectivity index (χ4n) is 3.14. The van der Waals surface area contributed by atoms with Gasteiger partial charge in [-0.2, -0.15) is 0 Å². The molecule has 2 aromatic rings. The maximum absolute atomic E-state index is 12.5. The van der Waals surface area contributed by atoms with Gasteiger partial charge in [-0.05, 0) is 17.7 Å². The molecular weight excluding hydrogens is 401 g/mol. The van der Waals surface area contributed by atoms with Crippen LogP contribution in [0.15, 0.2) is 48.7 Å². The van der Waals surface area contributed by atoms with E-state index in [0.717, 1.165) is 5.56 Å². The van der Waals surface area contributed by atoms with Crippen molar-refractivity contribution in [1.82, 2.24) is 9.88 Å². The molecule has 1 aromatic carbocycles. The van der Waals surface area contributed by atoms with Crippen LogP contribution in [0, 0.1) is 0 Å². The average molecular weight is 426 g/mol. The van der Waals surface area contributed by atoms with Crippen LogP contribution in [0.1, 0.15) is 28.4 Å². The molecule has 9 heteroatoms. The number of hydrogen-bond donors (Lipinski definition) is 2. The van der Waals surface area contributed by atoms with Crippen LogP contribution in [-0.4, -0.2) is 47.9 Å². The van der Waals surface area contributed by atoms with Gasteiger partial charge < -0.3 is 21.3 Å². The van der Waals surface area contributed by atoms with E-state index < -0.39 is 5.91 Å². The first kappa shape index (κ1) is 23.7. The molecule has 1 aliphatic rings. The highest BCUT2D eigenvalue weighted by molar-refractivity contribution is 5.97. The molecule has 1 atom stereocenters. The second-order valence-corrected chi connectivity index (χ2v) is 6.33. The van der Waals surface area contributed by atoms with Gasteiger partial charge in [0, 0.05) is 44.8 Å². The van der Waals surface area contributed by atoms with Gasteiger partial charge >= 0.3 is 0 Å². The van der Waals surface area contributed by atoms with Gasteiger partial charge in [-0.15, -0.1) is 24.8 Å². The van der Waals surface area contributed by atoms with Crippen molar-refractivity contribution in [2.24, 2.45) is 11.5 Å². The molecule has 3 rings (SSSR count). The highest BCUT2D eigenvalue weighted by Crippen LogP contribution is 2.20. The first-order chi connectivity index (χ1) is 12.6. The highest BCUT2D eigenvalue weighted by Gasteiger charge is 2.25. The molecule has 0 radical (unpaired) electrons. The fourth-order valence-corrected chi connectivity index (χ4v) is 3.14. The van der Waals surface area contributed by atoms with Crippen molar-refractivity contribution < 1.29 is 9.59 Å². The number of halogens is 2. The molecule has 1 fully saturated rings. The summed E-state index contributed by atoms with van der Waals surface area (Å²) in [6, 6.07) is 12.7. The topological polar surface area (TPSA) is 106 Å². The minimum atomic E-state index is -0.500. The lowest BCUT2D eigenvalue weighted by Crippen LogP contribution is -2.49. The highest BCUT2D eigenvalue weighted by atomic mass is 35.5. The molecule has 152 valence electrons. The van der Waals surface area contributed by atoms with E-state index in [1.165, 1.54) is 0 Å². The number of rotatable bonds is 5. The Morgan fingerprint density at radius 1 is 1.00 bits per heavy atom. The molecule has 0 bridgehead atoms. The lowest BCUT2D eigenvalue weighted by Gasteiger charge is -2.36. The van der Waals surface area contributed by atoms with Crippen LogP contribution < -0.4 is 16.4 Å². The largest absolute Gasteiger partial charge is 0.365 e. The molecule has 7 nitrogen and oxygen atoms in total. The predicted molar refractivity (Wildman–Crippen MR) is 114 cm³/mol. The Balaban J connectivity index is 0.00000196. The minimum absolute atomic E-state index is 0. The molecular formula is C19H25Cl2N5O2. The Morgan fingerprint density at radius 2 is 1.64 bits per heavy atom. The van der Waals surface area contributed by atoms with Crippen molar-refractivity contribution >= 4 is 42.4 Å². The zero-order valence-electron chi connectivity index (χ0n) is 15.4. The molecule has 1 aliphatic heterocycles. The summed E-state index contributed by atoms with van der Waals surface area (Å²) in [6.45, 7) is 2.33. The van der Waals surface area contributed by atoms with Crippen LogP contribution in [-0.2, 0) is 4.79 Å². The smallest absolute Gasteiger partial charge is 0.252 e. The number of anilines is 1. The van der Waals surface area contributed by atoms with Crippen LogP contribution in [0.25, 0.3) is 0 Å². The SMILES string of the molecule is Cl.Cl.NC(=O)c1cccnc1N1CCN(C(=O)CC(N)c2ccccc2)CC1. The van der Waals surface area contributed by atoms with E-state index in [-0.39, 0.29) is 43.2 Å². The summed E-state index contributed by atoms with van der Waals surface area (Å²) in [6.07, 6.45) is 1.91. The Hall–Kier alpha value is -2.35.